The van der Waals surface area contributed by atoms with Crippen LogP contribution in [0.2, 0.25) is 0 Å². The van der Waals surface area contributed by atoms with E-state index in [1.807, 2.05) is 11.8 Å². The van der Waals surface area contributed by atoms with Crippen LogP contribution in [0.3, 0.4) is 0 Å². The van der Waals surface area contributed by atoms with Crippen molar-refractivity contribution in [1.82, 2.24) is 10.3 Å². The minimum atomic E-state index is 0.506. The first-order valence-electron chi connectivity index (χ1n) is 5.91. The minimum Gasteiger partial charge on any atom is -0.309 e. The van der Waals surface area contributed by atoms with Gasteiger partial charge in [0.05, 0.1) is 0 Å². The van der Waals surface area contributed by atoms with Gasteiger partial charge in [-0.1, -0.05) is 12.8 Å². The molecule has 0 unspecified atom stereocenters. The molecule has 1 aliphatic rings. The first-order chi connectivity index (χ1) is 7.74. The SMILES string of the molecule is CSC1(CNCc2nc(C)cs2)CCCC1. The van der Waals surface area contributed by atoms with Crippen molar-refractivity contribution in [2.24, 2.45) is 0 Å². The Morgan fingerprint density at radius 2 is 2.25 bits per heavy atom. The minimum absolute atomic E-state index is 0.506. The molecule has 1 N–H and O–H groups in total. The predicted molar refractivity (Wildman–Crippen MR) is 73.3 cm³/mol. The molecule has 16 heavy (non-hydrogen) atoms. The fourth-order valence-electron chi connectivity index (χ4n) is 2.35. The lowest BCUT2D eigenvalue weighted by Gasteiger charge is -2.26. The molecule has 1 fully saturated rings. The van der Waals surface area contributed by atoms with Crippen molar-refractivity contribution in [2.75, 3.05) is 12.8 Å². The van der Waals surface area contributed by atoms with Crippen molar-refractivity contribution in [2.45, 2.75) is 43.9 Å². The quantitative estimate of drug-likeness (QED) is 0.875. The van der Waals surface area contributed by atoms with Crippen LogP contribution in [-0.4, -0.2) is 22.5 Å². The Balaban J connectivity index is 1.78. The zero-order valence-corrected chi connectivity index (χ0v) is 11.7. The Hall–Kier alpha value is -0.0600. The van der Waals surface area contributed by atoms with Crippen LogP contribution in [0.4, 0.5) is 0 Å². The van der Waals surface area contributed by atoms with Gasteiger partial charge in [-0.15, -0.1) is 11.3 Å². The number of aryl methyl sites for hydroxylation is 1. The van der Waals surface area contributed by atoms with Crippen LogP contribution < -0.4 is 5.32 Å². The first kappa shape index (κ1) is 12.4. The molecule has 0 aromatic carbocycles. The van der Waals surface area contributed by atoms with Gasteiger partial charge in [-0.05, 0) is 26.0 Å². The van der Waals surface area contributed by atoms with E-state index in [-0.39, 0.29) is 0 Å². The number of thioether (sulfide) groups is 1. The average molecular weight is 256 g/mol. The summed E-state index contributed by atoms with van der Waals surface area (Å²) < 4.78 is 0.506. The Morgan fingerprint density at radius 3 is 2.81 bits per heavy atom. The number of hydrogen-bond donors (Lipinski definition) is 1. The zero-order chi connectivity index (χ0) is 11.4. The fraction of sp³-hybridized carbons (Fsp3) is 0.750. The molecule has 0 atom stereocenters. The van der Waals surface area contributed by atoms with Gasteiger partial charge < -0.3 is 5.32 Å². The molecule has 4 heteroatoms. The van der Waals surface area contributed by atoms with Gasteiger partial charge in [0, 0.05) is 28.9 Å². The summed E-state index contributed by atoms with van der Waals surface area (Å²) in [5.74, 6) is 0. The third-order valence-electron chi connectivity index (χ3n) is 3.34. The highest BCUT2D eigenvalue weighted by molar-refractivity contribution is 8.00. The molecule has 1 aromatic heterocycles. The van der Waals surface area contributed by atoms with Crippen LogP contribution in [-0.2, 0) is 6.54 Å². The van der Waals surface area contributed by atoms with Gasteiger partial charge in [0.2, 0.25) is 0 Å². The topological polar surface area (TPSA) is 24.9 Å². The highest BCUT2D eigenvalue weighted by Crippen LogP contribution is 2.39. The van der Waals surface area contributed by atoms with Crippen molar-refractivity contribution in [3.8, 4) is 0 Å². The number of aromatic nitrogens is 1. The van der Waals surface area contributed by atoms with Gasteiger partial charge in [-0.2, -0.15) is 11.8 Å². The standard InChI is InChI=1S/C12H20N2S2/c1-10-8-16-11(14-10)7-13-9-12(15-2)5-3-4-6-12/h8,13H,3-7,9H2,1-2H3. The van der Waals surface area contributed by atoms with Gasteiger partial charge in [0.25, 0.3) is 0 Å². The van der Waals surface area contributed by atoms with E-state index in [0.29, 0.717) is 4.75 Å². The third-order valence-corrected chi connectivity index (χ3v) is 5.72. The summed E-state index contributed by atoms with van der Waals surface area (Å²) in [6.07, 6.45) is 7.80. The molecule has 1 heterocycles. The monoisotopic (exact) mass is 256 g/mol. The summed E-state index contributed by atoms with van der Waals surface area (Å²) >= 11 is 3.80. The molecule has 0 amide bonds. The second-order valence-electron chi connectivity index (χ2n) is 4.58. The molecule has 0 saturated heterocycles. The first-order valence-corrected chi connectivity index (χ1v) is 8.01. The van der Waals surface area contributed by atoms with Crippen LogP contribution in [0, 0.1) is 6.92 Å². The molecule has 1 aliphatic carbocycles. The Kier molecular flexibility index (Phi) is 4.27. The highest BCUT2D eigenvalue weighted by atomic mass is 32.2. The van der Waals surface area contributed by atoms with E-state index in [4.69, 9.17) is 0 Å². The van der Waals surface area contributed by atoms with E-state index in [1.54, 1.807) is 11.3 Å². The summed E-state index contributed by atoms with van der Waals surface area (Å²) in [7, 11) is 0. The van der Waals surface area contributed by atoms with Crippen molar-refractivity contribution >= 4 is 23.1 Å². The maximum absolute atomic E-state index is 4.47. The lowest BCUT2D eigenvalue weighted by Crippen LogP contribution is -2.34. The van der Waals surface area contributed by atoms with Crippen LogP contribution in [0.1, 0.15) is 36.4 Å². The maximum atomic E-state index is 4.47. The summed E-state index contributed by atoms with van der Waals surface area (Å²) in [6, 6.07) is 0. The van der Waals surface area contributed by atoms with Crippen molar-refractivity contribution in [3.63, 3.8) is 0 Å². The smallest absolute Gasteiger partial charge is 0.107 e. The molecule has 2 rings (SSSR count). The summed E-state index contributed by atoms with van der Waals surface area (Å²) in [4.78, 5) is 4.47. The molecular weight excluding hydrogens is 236 g/mol. The highest BCUT2D eigenvalue weighted by Gasteiger charge is 2.32. The van der Waals surface area contributed by atoms with Crippen LogP contribution in [0.15, 0.2) is 5.38 Å². The second-order valence-corrected chi connectivity index (χ2v) is 6.80. The Morgan fingerprint density at radius 1 is 1.50 bits per heavy atom. The Bertz CT molecular complexity index is 330. The van der Waals surface area contributed by atoms with E-state index >= 15 is 0 Å². The second kappa shape index (κ2) is 5.52. The molecule has 2 nitrogen and oxygen atoms in total. The van der Waals surface area contributed by atoms with Gasteiger partial charge in [0.1, 0.15) is 5.01 Å². The molecule has 1 aromatic rings. The molecule has 1 saturated carbocycles. The van der Waals surface area contributed by atoms with E-state index in [9.17, 15) is 0 Å². The number of hydrogen-bond acceptors (Lipinski definition) is 4. The normalized spacial score (nSPS) is 19.1. The molecular formula is C12H20N2S2. The summed E-state index contributed by atoms with van der Waals surface area (Å²) in [5, 5.41) is 6.91. The van der Waals surface area contributed by atoms with Gasteiger partial charge in [0.15, 0.2) is 0 Å². The molecule has 0 radical (unpaired) electrons. The van der Waals surface area contributed by atoms with Crippen molar-refractivity contribution in [1.29, 1.82) is 0 Å². The molecule has 0 bridgehead atoms. The van der Waals surface area contributed by atoms with E-state index in [1.165, 1.54) is 30.7 Å². The zero-order valence-electron chi connectivity index (χ0n) is 10.1. The lowest BCUT2D eigenvalue weighted by molar-refractivity contribution is 0.533. The van der Waals surface area contributed by atoms with E-state index in [2.05, 4.69) is 28.9 Å². The lowest BCUT2D eigenvalue weighted by atomic mass is 10.1. The molecule has 0 spiro atoms. The van der Waals surface area contributed by atoms with Crippen molar-refractivity contribution < 1.29 is 0 Å². The predicted octanol–water partition coefficient (Wildman–Crippen LogP) is 3.22. The third kappa shape index (κ3) is 2.99. The van der Waals surface area contributed by atoms with Crippen LogP contribution >= 0.6 is 23.1 Å². The van der Waals surface area contributed by atoms with Crippen LogP contribution in [0.25, 0.3) is 0 Å². The van der Waals surface area contributed by atoms with E-state index in [0.717, 1.165) is 18.8 Å². The van der Waals surface area contributed by atoms with Crippen LogP contribution in [0.5, 0.6) is 0 Å². The van der Waals surface area contributed by atoms with E-state index < -0.39 is 0 Å². The largest absolute Gasteiger partial charge is 0.309 e. The fourth-order valence-corrected chi connectivity index (χ4v) is 4.04. The number of rotatable bonds is 5. The summed E-state index contributed by atoms with van der Waals surface area (Å²) in [6.45, 7) is 4.12. The average Bonchev–Trinajstić information content (AvgIpc) is 2.89. The molecule has 90 valence electrons. The number of thiazole rings is 1. The van der Waals surface area contributed by atoms with Gasteiger partial charge in [-0.25, -0.2) is 4.98 Å². The summed E-state index contributed by atoms with van der Waals surface area (Å²) in [5.41, 5.74) is 1.14. The maximum Gasteiger partial charge on any atom is 0.107 e. The van der Waals surface area contributed by atoms with Crippen molar-refractivity contribution in [3.05, 3.63) is 16.1 Å². The number of nitrogens with zero attached hydrogens (tertiary/aromatic N) is 1. The molecule has 0 aliphatic heterocycles. The van der Waals surface area contributed by atoms with Gasteiger partial charge in [-0.3, -0.25) is 0 Å². The number of nitrogens with one attached hydrogen (secondary N) is 1. The van der Waals surface area contributed by atoms with Gasteiger partial charge >= 0.3 is 0 Å². The Labute approximate surface area is 106 Å².